The van der Waals surface area contributed by atoms with Crippen molar-refractivity contribution in [2.24, 2.45) is 13.0 Å². The standard InChI is InChI=1S/C11H16N6/c1-16-9(4-6-13-16)10-11(12)14-15-17(10)7-5-8-2-3-8/h4,6,8H,2-3,5,7,12H2,1H3. The van der Waals surface area contributed by atoms with E-state index in [4.69, 9.17) is 5.73 Å². The van der Waals surface area contributed by atoms with Gasteiger partial charge in [-0.1, -0.05) is 18.1 Å². The van der Waals surface area contributed by atoms with Crippen LogP contribution >= 0.6 is 0 Å². The van der Waals surface area contributed by atoms with Gasteiger partial charge < -0.3 is 5.73 Å². The SMILES string of the molecule is Cn1nccc1-c1c(N)nnn1CCC1CC1. The second kappa shape index (κ2) is 3.87. The van der Waals surface area contributed by atoms with Crippen LogP contribution in [0.15, 0.2) is 12.3 Å². The Balaban J connectivity index is 1.91. The molecule has 2 heterocycles. The predicted molar refractivity (Wildman–Crippen MR) is 64.0 cm³/mol. The first kappa shape index (κ1) is 10.3. The highest BCUT2D eigenvalue weighted by molar-refractivity contribution is 5.66. The Morgan fingerprint density at radius 1 is 1.47 bits per heavy atom. The third-order valence-corrected chi connectivity index (χ3v) is 3.27. The molecule has 6 nitrogen and oxygen atoms in total. The summed E-state index contributed by atoms with van der Waals surface area (Å²) >= 11 is 0. The summed E-state index contributed by atoms with van der Waals surface area (Å²) in [4.78, 5) is 0. The molecule has 2 aromatic rings. The first-order valence-electron chi connectivity index (χ1n) is 5.93. The van der Waals surface area contributed by atoms with Gasteiger partial charge in [-0.05, 0) is 18.4 Å². The quantitative estimate of drug-likeness (QED) is 0.855. The zero-order valence-electron chi connectivity index (χ0n) is 9.87. The van der Waals surface area contributed by atoms with Crippen molar-refractivity contribution in [3.05, 3.63) is 12.3 Å². The Morgan fingerprint density at radius 3 is 2.94 bits per heavy atom. The maximum Gasteiger partial charge on any atom is 0.175 e. The van der Waals surface area contributed by atoms with Crippen molar-refractivity contribution in [3.8, 4) is 11.4 Å². The van der Waals surface area contributed by atoms with Gasteiger partial charge >= 0.3 is 0 Å². The zero-order valence-corrected chi connectivity index (χ0v) is 9.87. The van der Waals surface area contributed by atoms with Crippen LogP contribution in [0.4, 0.5) is 5.82 Å². The van der Waals surface area contributed by atoms with E-state index >= 15 is 0 Å². The first-order chi connectivity index (χ1) is 8.25. The van der Waals surface area contributed by atoms with Gasteiger partial charge in [0.2, 0.25) is 0 Å². The topological polar surface area (TPSA) is 74.6 Å². The van der Waals surface area contributed by atoms with Crippen LogP contribution in [0, 0.1) is 5.92 Å². The van der Waals surface area contributed by atoms with Crippen molar-refractivity contribution in [1.82, 2.24) is 24.8 Å². The van der Waals surface area contributed by atoms with Gasteiger partial charge in [-0.25, -0.2) is 4.68 Å². The van der Waals surface area contributed by atoms with Crippen LogP contribution in [-0.4, -0.2) is 24.8 Å². The van der Waals surface area contributed by atoms with Crippen LogP contribution in [0.25, 0.3) is 11.4 Å². The Hall–Kier alpha value is -1.85. The van der Waals surface area contributed by atoms with E-state index in [-0.39, 0.29) is 0 Å². The summed E-state index contributed by atoms with van der Waals surface area (Å²) in [7, 11) is 1.90. The molecule has 0 saturated heterocycles. The molecule has 1 fully saturated rings. The number of hydrogen-bond donors (Lipinski definition) is 1. The lowest BCUT2D eigenvalue weighted by atomic mass is 10.2. The maximum absolute atomic E-state index is 5.89. The van der Waals surface area contributed by atoms with Crippen LogP contribution in [0.5, 0.6) is 0 Å². The highest BCUT2D eigenvalue weighted by Gasteiger charge is 2.22. The molecule has 0 atom stereocenters. The summed E-state index contributed by atoms with van der Waals surface area (Å²) in [6.45, 7) is 0.884. The average molecular weight is 232 g/mol. The largest absolute Gasteiger partial charge is 0.380 e. The number of hydrogen-bond acceptors (Lipinski definition) is 4. The molecule has 0 bridgehead atoms. The van der Waals surface area contributed by atoms with Gasteiger partial charge in [0.05, 0.1) is 5.69 Å². The normalized spacial score (nSPS) is 15.4. The fourth-order valence-electron chi connectivity index (χ4n) is 2.06. The molecule has 2 N–H and O–H groups in total. The van der Waals surface area contributed by atoms with Gasteiger partial charge in [0.1, 0.15) is 5.69 Å². The van der Waals surface area contributed by atoms with Gasteiger partial charge in [0.15, 0.2) is 5.82 Å². The molecule has 0 unspecified atom stereocenters. The molecule has 90 valence electrons. The van der Waals surface area contributed by atoms with Crippen LogP contribution in [0.1, 0.15) is 19.3 Å². The lowest BCUT2D eigenvalue weighted by Crippen LogP contribution is -2.06. The Bertz CT molecular complexity index is 522. The van der Waals surface area contributed by atoms with E-state index in [1.807, 2.05) is 17.8 Å². The summed E-state index contributed by atoms with van der Waals surface area (Å²) in [5.74, 6) is 1.35. The highest BCUT2D eigenvalue weighted by atomic mass is 15.5. The lowest BCUT2D eigenvalue weighted by molar-refractivity contribution is 0.533. The predicted octanol–water partition coefficient (Wildman–Crippen LogP) is 1.06. The molecule has 0 radical (unpaired) electrons. The van der Waals surface area contributed by atoms with Crippen LogP contribution in [-0.2, 0) is 13.6 Å². The third-order valence-electron chi connectivity index (χ3n) is 3.27. The van der Waals surface area contributed by atoms with Gasteiger partial charge in [0, 0.05) is 19.8 Å². The summed E-state index contributed by atoms with van der Waals surface area (Å²) in [6.07, 6.45) is 5.62. The fraction of sp³-hybridized carbons (Fsp3) is 0.545. The second-order valence-corrected chi connectivity index (χ2v) is 4.62. The third kappa shape index (κ3) is 1.90. The van der Waals surface area contributed by atoms with Crippen LogP contribution in [0.3, 0.4) is 0 Å². The van der Waals surface area contributed by atoms with Gasteiger partial charge in [-0.3, -0.25) is 4.68 Å². The number of nitrogen functional groups attached to an aromatic ring is 1. The molecule has 3 rings (SSSR count). The smallest absolute Gasteiger partial charge is 0.175 e. The molecule has 17 heavy (non-hydrogen) atoms. The number of rotatable bonds is 4. The number of anilines is 1. The maximum atomic E-state index is 5.89. The van der Waals surface area contributed by atoms with Crippen molar-refractivity contribution < 1.29 is 0 Å². The van der Waals surface area contributed by atoms with E-state index < -0.39 is 0 Å². The Morgan fingerprint density at radius 2 is 2.29 bits per heavy atom. The molecule has 1 aliphatic rings. The van der Waals surface area contributed by atoms with E-state index in [0.29, 0.717) is 5.82 Å². The summed E-state index contributed by atoms with van der Waals surface area (Å²) < 4.78 is 3.69. The Labute approximate surface area is 99.4 Å². The van der Waals surface area contributed by atoms with Crippen molar-refractivity contribution >= 4 is 5.82 Å². The number of aromatic nitrogens is 5. The summed E-state index contributed by atoms with van der Waals surface area (Å²) in [5.41, 5.74) is 7.73. The minimum absolute atomic E-state index is 0.476. The minimum atomic E-state index is 0.476. The summed E-state index contributed by atoms with van der Waals surface area (Å²) in [6, 6.07) is 1.93. The molecular formula is C11H16N6. The number of aryl methyl sites for hydroxylation is 2. The van der Waals surface area contributed by atoms with Crippen molar-refractivity contribution in [2.75, 3.05) is 5.73 Å². The molecule has 2 aromatic heterocycles. The van der Waals surface area contributed by atoms with Crippen molar-refractivity contribution in [2.45, 2.75) is 25.8 Å². The van der Waals surface area contributed by atoms with Gasteiger partial charge in [-0.2, -0.15) is 5.10 Å². The van der Waals surface area contributed by atoms with E-state index in [1.165, 1.54) is 12.8 Å². The zero-order chi connectivity index (χ0) is 11.8. The van der Waals surface area contributed by atoms with Crippen molar-refractivity contribution in [3.63, 3.8) is 0 Å². The molecule has 1 saturated carbocycles. The van der Waals surface area contributed by atoms with Gasteiger partial charge in [0.25, 0.3) is 0 Å². The monoisotopic (exact) mass is 232 g/mol. The van der Waals surface area contributed by atoms with E-state index in [9.17, 15) is 0 Å². The van der Waals surface area contributed by atoms with Crippen LogP contribution < -0.4 is 5.73 Å². The second-order valence-electron chi connectivity index (χ2n) is 4.62. The number of nitrogens with zero attached hydrogens (tertiary/aromatic N) is 5. The van der Waals surface area contributed by atoms with Crippen LogP contribution in [0.2, 0.25) is 0 Å². The molecule has 1 aliphatic carbocycles. The summed E-state index contributed by atoms with van der Waals surface area (Å²) in [5, 5.41) is 12.2. The minimum Gasteiger partial charge on any atom is -0.380 e. The molecule has 0 aliphatic heterocycles. The van der Waals surface area contributed by atoms with E-state index in [1.54, 1.807) is 10.9 Å². The molecule has 0 amide bonds. The molecule has 6 heteroatoms. The molecule has 0 spiro atoms. The van der Waals surface area contributed by atoms with E-state index in [0.717, 1.165) is 30.3 Å². The molecular weight excluding hydrogens is 216 g/mol. The van der Waals surface area contributed by atoms with E-state index in [2.05, 4.69) is 15.4 Å². The number of nitrogens with two attached hydrogens (primary N) is 1. The van der Waals surface area contributed by atoms with Crippen molar-refractivity contribution in [1.29, 1.82) is 0 Å². The molecule has 0 aromatic carbocycles. The highest BCUT2D eigenvalue weighted by Crippen LogP contribution is 2.33. The Kier molecular flexibility index (Phi) is 2.35. The first-order valence-corrected chi connectivity index (χ1v) is 5.93. The lowest BCUT2D eigenvalue weighted by Gasteiger charge is -2.06. The van der Waals surface area contributed by atoms with Gasteiger partial charge in [-0.15, -0.1) is 5.10 Å². The average Bonchev–Trinajstić information content (AvgIpc) is 2.95. The fourth-order valence-corrected chi connectivity index (χ4v) is 2.06.